The molecule has 0 spiro atoms. The van der Waals surface area contributed by atoms with Crippen LogP contribution < -0.4 is 10.1 Å². The first-order chi connectivity index (χ1) is 15.2. The van der Waals surface area contributed by atoms with Crippen molar-refractivity contribution in [3.05, 3.63) is 65.8 Å². The predicted octanol–water partition coefficient (Wildman–Crippen LogP) is 5.78. The van der Waals surface area contributed by atoms with E-state index in [1.165, 1.54) is 12.1 Å². The van der Waals surface area contributed by atoms with E-state index in [-0.39, 0.29) is 23.1 Å². The predicted molar refractivity (Wildman–Crippen MR) is 125 cm³/mol. The van der Waals surface area contributed by atoms with Crippen LogP contribution in [-0.2, 0) is 4.79 Å². The third kappa shape index (κ3) is 6.04. The van der Waals surface area contributed by atoms with E-state index in [0.29, 0.717) is 24.1 Å². The van der Waals surface area contributed by atoms with Gasteiger partial charge in [-0.25, -0.2) is 9.37 Å². The number of hydrogen-bond acceptors (Lipinski definition) is 4. The molecule has 0 saturated heterocycles. The number of benzene rings is 1. The first kappa shape index (κ1) is 23.7. The van der Waals surface area contributed by atoms with E-state index >= 15 is 0 Å². The molecule has 168 valence electrons. The van der Waals surface area contributed by atoms with E-state index in [0.717, 1.165) is 22.3 Å². The number of pyridine rings is 2. The Morgan fingerprint density at radius 3 is 2.50 bits per heavy atom. The van der Waals surface area contributed by atoms with Gasteiger partial charge in [-0.2, -0.15) is 0 Å². The van der Waals surface area contributed by atoms with Gasteiger partial charge in [-0.05, 0) is 29.3 Å². The lowest BCUT2D eigenvalue weighted by Crippen LogP contribution is -2.39. The van der Waals surface area contributed by atoms with Crippen LogP contribution in [0.5, 0.6) is 5.88 Å². The van der Waals surface area contributed by atoms with Crippen LogP contribution in [0.25, 0.3) is 22.3 Å². The molecule has 3 rings (SSSR count). The number of aromatic nitrogens is 2. The Balaban J connectivity index is 1.87. The lowest BCUT2D eigenvalue weighted by molar-refractivity contribution is -0.124. The van der Waals surface area contributed by atoms with Crippen LogP contribution in [0.3, 0.4) is 0 Å². The first-order valence-electron chi connectivity index (χ1n) is 10.4. The standard InChI is InChI=1S/C25H27ClFN3O2/c1-16(2)24(31)30-14-25(3,4)15-32-23-11-20(19-9-10-28-13-22(19)26)21(12-29-23)17-5-7-18(27)8-6-17/h5-13,16H,14-15H2,1-4H3,(H,30,31). The number of nitrogens with zero attached hydrogens (tertiary/aromatic N) is 2. The molecule has 0 aliphatic heterocycles. The monoisotopic (exact) mass is 455 g/mol. The summed E-state index contributed by atoms with van der Waals surface area (Å²) in [4.78, 5) is 20.4. The average Bonchev–Trinajstić information content (AvgIpc) is 2.77. The Bertz CT molecular complexity index is 1080. The molecule has 5 nitrogen and oxygen atoms in total. The van der Waals surface area contributed by atoms with Gasteiger partial charge in [-0.1, -0.05) is 51.4 Å². The molecule has 1 N–H and O–H groups in total. The van der Waals surface area contributed by atoms with Crippen LogP contribution in [0.1, 0.15) is 27.7 Å². The normalized spacial score (nSPS) is 11.5. The summed E-state index contributed by atoms with van der Waals surface area (Å²) in [7, 11) is 0. The molecule has 0 bridgehead atoms. The molecule has 32 heavy (non-hydrogen) atoms. The summed E-state index contributed by atoms with van der Waals surface area (Å²) < 4.78 is 19.4. The van der Waals surface area contributed by atoms with Gasteiger partial charge >= 0.3 is 0 Å². The number of amides is 1. The topological polar surface area (TPSA) is 64.1 Å². The highest BCUT2D eigenvalue weighted by Crippen LogP contribution is 2.37. The van der Waals surface area contributed by atoms with Gasteiger partial charge in [0.15, 0.2) is 0 Å². The fraction of sp³-hybridized carbons (Fsp3) is 0.320. The highest BCUT2D eigenvalue weighted by Gasteiger charge is 2.22. The summed E-state index contributed by atoms with van der Waals surface area (Å²) in [6.07, 6.45) is 4.94. The average molecular weight is 456 g/mol. The van der Waals surface area contributed by atoms with E-state index in [1.807, 2.05) is 39.8 Å². The maximum Gasteiger partial charge on any atom is 0.222 e. The zero-order valence-electron chi connectivity index (χ0n) is 18.7. The molecular weight excluding hydrogens is 429 g/mol. The SMILES string of the molecule is CC(C)C(=O)NCC(C)(C)COc1cc(-c2ccncc2Cl)c(-c2ccc(F)cc2)cn1. The van der Waals surface area contributed by atoms with Gasteiger partial charge in [0.05, 0.1) is 11.6 Å². The van der Waals surface area contributed by atoms with E-state index < -0.39 is 0 Å². The van der Waals surface area contributed by atoms with Gasteiger partial charge in [0.2, 0.25) is 11.8 Å². The Labute approximate surface area is 193 Å². The summed E-state index contributed by atoms with van der Waals surface area (Å²) in [5.41, 5.74) is 2.90. The zero-order valence-corrected chi connectivity index (χ0v) is 19.4. The quantitative estimate of drug-likeness (QED) is 0.467. The minimum atomic E-state index is -0.308. The minimum Gasteiger partial charge on any atom is -0.477 e. The number of carbonyl (C=O) groups excluding carboxylic acids is 1. The molecular formula is C25H27ClFN3O2. The Kier molecular flexibility index (Phi) is 7.46. The number of nitrogens with one attached hydrogen (secondary N) is 1. The van der Waals surface area contributed by atoms with E-state index in [9.17, 15) is 9.18 Å². The second-order valence-corrected chi connectivity index (χ2v) is 9.16. The number of carbonyl (C=O) groups is 1. The van der Waals surface area contributed by atoms with Gasteiger partial charge in [0.25, 0.3) is 0 Å². The van der Waals surface area contributed by atoms with Crippen molar-refractivity contribution < 1.29 is 13.9 Å². The van der Waals surface area contributed by atoms with Crippen LogP contribution in [0.4, 0.5) is 4.39 Å². The van der Waals surface area contributed by atoms with Crippen molar-refractivity contribution in [2.24, 2.45) is 11.3 Å². The molecule has 0 aliphatic carbocycles. The van der Waals surface area contributed by atoms with Gasteiger partial charge in [0.1, 0.15) is 5.82 Å². The second kappa shape index (κ2) is 10.1. The van der Waals surface area contributed by atoms with E-state index in [1.54, 1.807) is 30.7 Å². The van der Waals surface area contributed by atoms with Crippen molar-refractivity contribution >= 4 is 17.5 Å². The van der Waals surface area contributed by atoms with Crippen LogP contribution in [-0.4, -0.2) is 29.0 Å². The van der Waals surface area contributed by atoms with E-state index in [2.05, 4.69) is 15.3 Å². The zero-order chi connectivity index (χ0) is 23.3. The molecule has 0 unspecified atom stereocenters. The number of rotatable bonds is 8. The summed E-state index contributed by atoms with van der Waals surface area (Å²) in [5, 5.41) is 3.43. The molecule has 1 amide bonds. The van der Waals surface area contributed by atoms with Crippen molar-refractivity contribution in [2.45, 2.75) is 27.7 Å². The summed E-state index contributed by atoms with van der Waals surface area (Å²) in [6, 6.07) is 9.86. The van der Waals surface area contributed by atoms with Gasteiger partial charge in [-0.15, -0.1) is 0 Å². The van der Waals surface area contributed by atoms with Crippen LogP contribution in [0, 0.1) is 17.2 Å². The summed E-state index contributed by atoms with van der Waals surface area (Å²) >= 11 is 6.42. The minimum absolute atomic E-state index is 0.00876. The Morgan fingerprint density at radius 2 is 1.84 bits per heavy atom. The number of ether oxygens (including phenoxy) is 1. The van der Waals surface area contributed by atoms with Crippen molar-refractivity contribution in [3.63, 3.8) is 0 Å². The van der Waals surface area contributed by atoms with Crippen LogP contribution >= 0.6 is 11.6 Å². The van der Waals surface area contributed by atoms with Gasteiger partial charge in [-0.3, -0.25) is 9.78 Å². The Hall–Kier alpha value is -2.99. The molecule has 0 aliphatic rings. The summed E-state index contributed by atoms with van der Waals surface area (Å²) in [5.74, 6) is 0.0634. The number of hydrogen-bond donors (Lipinski definition) is 1. The molecule has 7 heteroatoms. The third-order valence-corrected chi connectivity index (χ3v) is 5.27. The molecule has 0 fully saturated rings. The van der Waals surface area contributed by atoms with Crippen LogP contribution in [0.15, 0.2) is 55.0 Å². The largest absolute Gasteiger partial charge is 0.477 e. The van der Waals surface area contributed by atoms with Gasteiger partial charge in [0, 0.05) is 53.7 Å². The molecule has 0 saturated carbocycles. The highest BCUT2D eigenvalue weighted by atomic mass is 35.5. The molecule has 2 heterocycles. The van der Waals surface area contributed by atoms with Gasteiger partial charge < -0.3 is 10.1 Å². The van der Waals surface area contributed by atoms with Crippen LogP contribution in [0.2, 0.25) is 5.02 Å². The van der Waals surface area contributed by atoms with Crippen molar-refractivity contribution in [3.8, 4) is 28.1 Å². The second-order valence-electron chi connectivity index (χ2n) is 8.76. The Morgan fingerprint density at radius 1 is 1.12 bits per heavy atom. The first-order valence-corrected chi connectivity index (χ1v) is 10.8. The van der Waals surface area contributed by atoms with Crippen molar-refractivity contribution in [1.29, 1.82) is 0 Å². The summed E-state index contributed by atoms with van der Waals surface area (Å²) in [6.45, 7) is 8.59. The highest BCUT2D eigenvalue weighted by molar-refractivity contribution is 6.33. The lowest BCUT2D eigenvalue weighted by Gasteiger charge is -2.25. The lowest BCUT2D eigenvalue weighted by atomic mass is 9.94. The fourth-order valence-corrected chi connectivity index (χ4v) is 3.26. The maximum atomic E-state index is 13.4. The molecule has 3 aromatic rings. The van der Waals surface area contributed by atoms with Crippen molar-refractivity contribution in [2.75, 3.05) is 13.2 Å². The fourth-order valence-electron chi connectivity index (χ4n) is 3.04. The molecule has 0 atom stereocenters. The van der Waals surface area contributed by atoms with E-state index in [4.69, 9.17) is 16.3 Å². The molecule has 2 aromatic heterocycles. The number of halogens is 2. The van der Waals surface area contributed by atoms with Crippen molar-refractivity contribution in [1.82, 2.24) is 15.3 Å². The smallest absolute Gasteiger partial charge is 0.222 e. The third-order valence-electron chi connectivity index (χ3n) is 4.97. The maximum absolute atomic E-state index is 13.4. The molecule has 1 aromatic carbocycles. The molecule has 0 radical (unpaired) electrons.